The normalized spacial score (nSPS) is 10.5. The zero-order valence-corrected chi connectivity index (χ0v) is 18.7. The van der Waals surface area contributed by atoms with Crippen molar-refractivity contribution in [3.63, 3.8) is 0 Å². The summed E-state index contributed by atoms with van der Waals surface area (Å²) in [5.41, 5.74) is 1.34. The molecule has 0 bridgehead atoms. The average Bonchev–Trinajstić information content (AvgIpc) is 3.27. The minimum absolute atomic E-state index is 0.200. The van der Waals surface area contributed by atoms with Crippen molar-refractivity contribution in [2.75, 3.05) is 33.1 Å². The first-order chi connectivity index (χ1) is 14.8. The predicted octanol–water partition coefficient (Wildman–Crippen LogP) is 4.51. The summed E-state index contributed by atoms with van der Waals surface area (Å²) in [5, 5.41) is 3.53. The zero-order chi connectivity index (χ0) is 22.5. The van der Waals surface area contributed by atoms with Gasteiger partial charge in [-0.25, -0.2) is 0 Å². The molecule has 0 fully saturated rings. The van der Waals surface area contributed by atoms with Crippen molar-refractivity contribution < 1.29 is 19.1 Å². The molecule has 7 nitrogen and oxygen atoms in total. The Hall–Kier alpha value is -3.16. The number of nitrogens with zero attached hydrogens (tertiary/aromatic N) is 2. The van der Waals surface area contributed by atoms with Crippen LogP contribution in [0.1, 0.15) is 10.4 Å². The fraction of sp³-hybridized carbons (Fsp3) is 0.182. The fourth-order valence-electron chi connectivity index (χ4n) is 3.03. The number of anilines is 1. The molecule has 9 heteroatoms. The Kier molecular flexibility index (Phi) is 7.09. The average molecular weight is 462 g/mol. The molecule has 0 unspecified atom stereocenters. The van der Waals surface area contributed by atoms with Gasteiger partial charge in [-0.3, -0.25) is 9.59 Å². The van der Waals surface area contributed by atoms with Crippen LogP contribution in [-0.2, 0) is 4.79 Å². The van der Waals surface area contributed by atoms with Gasteiger partial charge in [0.15, 0.2) is 0 Å². The molecule has 0 spiro atoms. The van der Waals surface area contributed by atoms with Crippen LogP contribution in [0.5, 0.6) is 11.5 Å². The van der Waals surface area contributed by atoms with Gasteiger partial charge in [-0.05, 0) is 36.4 Å². The molecule has 0 saturated heterocycles. The van der Waals surface area contributed by atoms with E-state index in [-0.39, 0.29) is 12.1 Å². The Labute approximate surface area is 190 Å². The van der Waals surface area contributed by atoms with Gasteiger partial charge in [-0.1, -0.05) is 23.2 Å². The number of halogens is 2. The number of amides is 2. The van der Waals surface area contributed by atoms with Crippen LogP contribution < -0.4 is 14.8 Å². The summed E-state index contributed by atoms with van der Waals surface area (Å²) in [5.74, 6) is -0.0147. The van der Waals surface area contributed by atoms with Gasteiger partial charge in [0.2, 0.25) is 5.91 Å². The molecular weight excluding hydrogens is 441 g/mol. The number of hydrogen-bond donors (Lipinski definition) is 1. The van der Waals surface area contributed by atoms with Gasteiger partial charge in [0.05, 0.1) is 42.7 Å². The van der Waals surface area contributed by atoms with Crippen LogP contribution in [0.2, 0.25) is 10.0 Å². The van der Waals surface area contributed by atoms with Gasteiger partial charge >= 0.3 is 0 Å². The van der Waals surface area contributed by atoms with Gasteiger partial charge in [0.1, 0.15) is 11.5 Å². The van der Waals surface area contributed by atoms with Crippen molar-refractivity contribution in [3.8, 4) is 17.2 Å². The fourth-order valence-corrected chi connectivity index (χ4v) is 3.47. The van der Waals surface area contributed by atoms with Crippen LogP contribution in [-0.4, -0.2) is 49.1 Å². The topological polar surface area (TPSA) is 72.8 Å². The summed E-state index contributed by atoms with van der Waals surface area (Å²) >= 11 is 12.4. The third-order valence-corrected chi connectivity index (χ3v) is 5.08. The van der Waals surface area contributed by atoms with E-state index in [4.69, 9.17) is 32.7 Å². The number of likely N-dealkylation sites (N-methyl/N-ethyl adjacent to an activating group) is 1. The molecule has 0 aliphatic rings. The number of carbonyl (C=O) groups excluding carboxylic acids is 2. The summed E-state index contributed by atoms with van der Waals surface area (Å²) in [6.07, 6.45) is 3.67. The van der Waals surface area contributed by atoms with Crippen LogP contribution >= 0.6 is 23.2 Å². The monoisotopic (exact) mass is 461 g/mol. The van der Waals surface area contributed by atoms with Crippen LogP contribution in [0.15, 0.2) is 54.9 Å². The van der Waals surface area contributed by atoms with E-state index in [2.05, 4.69) is 5.32 Å². The number of carbonyl (C=O) groups is 2. The highest BCUT2D eigenvalue weighted by molar-refractivity contribution is 6.33. The molecule has 2 amide bonds. The standard InChI is InChI=1S/C22H21Cl2N3O4/c1-26(13-21(28)25-17-10-14(23)6-7-19(17)30-2)22(29)15-11-16(24)18(12-20(15)31-3)27-8-4-5-9-27/h4-12H,13H2,1-3H3,(H,25,28). The first-order valence-electron chi connectivity index (χ1n) is 9.23. The first kappa shape index (κ1) is 22.5. The highest BCUT2D eigenvalue weighted by Crippen LogP contribution is 2.31. The van der Waals surface area contributed by atoms with Crippen LogP contribution in [0, 0.1) is 0 Å². The molecule has 2 aromatic carbocycles. The smallest absolute Gasteiger partial charge is 0.257 e. The molecule has 1 aromatic heterocycles. The number of hydrogen-bond acceptors (Lipinski definition) is 4. The molecule has 1 heterocycles. The van der Waals surface area contributed by atoms with E-state index in [0.717, 1.165) is 0 Å². The summed E-state index contributed by atoms with van der Waals surface area (Å²) in [7, 11) is 4.48. The number of nitrogens with one attached hydrogen (secondary N) is 1. The van der Waals surface area contributed by atoms with E-state index in [1.807, 2.05) is 29.1 Å². The summed E-state index contributed by atoms with van der Waals surface area (Å²) in [6, 6.07) is 11.8. The Morgan fingerprint density at radius 3 is 2.35 bits per heavy atom. The highest BCUT2D eigenvalue weighted by Gasteiger charge is 2.22. The molecule has 31 heavy (non-hydrogen) atoms. The molecule has 0 radical (unpaired) electrons. The van der Waals surface area contributed by atoms with Crippen molar-refractivity contribution in [2.24, 2.45) is 0 Å². The second-order valence-electron chi connectivity index (χ2n) is 6.65. The summed E-state index contributed by atoms with van der Waals surface area (Å²) in [4.78, 5) is 26.8. The third kappa shape index (κ3) is 5.13. The SMILES string of the molecule is COc1ccc(Cl)cc1NC(=O)CN(C)C(=O)c1cc(Cl)c(-n2cccc2)cc1OC. The lowest BCUT2D eigenvalue weighted by Gasteiger charge is -2.20. The molecular formula is C22H21Cl2N3O4. The maximum absolute atomic E-state index is 13.0. The van der Waals surface area contributed by atoms with E-state index < -0.39 is 11.8 Å². The second kappa shape index (κ2) is 9.76. The number of ether oxygens (including phenoxy) is 2. The third-order valence-electron chi connectivity index (χ3n) is 4.55. The Morgan fingerprint density at radius 1 is 1.03 bits per heavy atom. The second-order valence-corrected chi connectivity index (χ2v) is 7.49. The molecule has 162 valence electrons. The van der Waals surface area contributed by atoms with E-state index in [1.54, 1.807) is 24.3 Å². The van der Waals surface area contributed by atoms with E-state index >= 15 is 0 Å². The van der Waals surface area contributed by atoms with Gasteiger partial charge < -0.3 is 24.3 Å². The van der Waals surface area contributed by atoms with Gasteiger partial charge in [-0.2, -0.15) is 0 Å². The summed E-state index contributed by atoms with van der Waals surface area (Å²) in [6.45, 7) is -0.200. The number of benzene rings is 2. The lowest BCUT2D eigenvalue weighted by Crippen LogP contribution is -2.35. The Balaban J connectivity index is 1.77. The van der Waals surface area contributed by atoms with Gasteiger partial charge in [0, 0.05) is 30.5 Å². The van der Waals surface area contributed by atoms with Crippen LogP contribution in [0.3, 0.4) is 0 Å². The minimum Gasteiger partial charge on any atom is -0.496 e. The molecule has 0 atom stereocenters. The maximum atomic E-state index is 13.0. The van der Waals surface area contributed by atoms with E-state index in [0.29, 0.717) is 32.9 Å². The van der Waals surface area contributed by atoms with Crippen molar-refractivity contribution in [2.45, 2.75) is 0 Å². The lowest BCUT2D eigenvalue weighted by atomic mass is 10.1. The van der Waals surface area contributed by atoms with Gasteiger partial charge in [-0.15, -0.1) is 0 Å². The van der Waals surface area contributed by atoms with Crippen molar-refractivity contribution in [1.82, 2.24) is 9.47 Å². The molecule has 0 aliphatic carbocycles. The first-order valence-corrected chi connectivity index (χ1v) is 9.99. The molecule has 0 saturated carbocycles. The van der Waals surface area contributed by atoms with Gasteiger partial charge in [0.25, 0.3) is 5.91 Å². The quantitative estimate of drug-likeness (QED) is 0.561. The molecule has 0 aliphatic heterocycles. The minimum atomic E-state index is -0.412. The van der Waals surface area contributed by atoms with Crippen molar-refractivity contribution >= 4 is 40.7 Å². The number of rotatable bonds is 7. The lowest BCUT2D eigenvalue weighted by molar-refractivity contribution is -0.116. The van der Waals surface area contributed by atoms with E-state index in [9.17, 15) is 9.59 Å². The largest absolute Gasteiger partial charge is 0.496 e. The number of methoxy groups -OCH3 is 2. The van der Waals surface area contributed by atoms with Crippen LogP contribution in [0.25, 0.3) is 5.69 Å². The zero-order valence-electron chi connectivity index (χ0n) is 17.2. The Morgan fingerprint density at radius 2 is 1.71 bits per heavy atom. The molecule has 3 aromatic rings. The molecule has 1 N–H and O–H groups in total. The summed E-state index contributed by atoms with van der Waals surface area (Å²) < 4.78 is 12.4. The van der Waals surface area contributed by atoms with E-state index in [1.165, 1.54) is 32.2 Å². The van der Waals surface area contributed by atoms with Crippen molar-refractivity contribution in [1.29, 1.82) is 0 Å². The molecule has 3 rings (SSSR count). The maximum Gasteiger partial charge on any atom is 0.257 e. The number of aromatic nitrogens is 1. The Bertz CT molecular complexity index is 1100. The van der Waals surface area contributed by atoms with Crippen LogP contribution in [0.4, 0.5) is 5.69 Å². The highest BCUT2D eigenvalue weighted by atomic mass is 35.5. The predicted molar refractivity (Wildman–Crippen MR) is 121 cm³/mol. The van der Waals surface area contributed by atoms with Crippen molar-refractivity contribution in [3.05, 3.63) is 70.5 Å².